The first kappa shape index (κ1) is 21.2. The van der Waals surface area contributed by atoms with Crippen molar-refractivity contribution in [2.45, 2.75) is 13.5 Å². The van der Waals surface area contributed by atoms with E-state index in [0.29, 0.717) is 21.7 Å². The second-order valence-corrected chi connectivity index (χ2v) is 7.59. The van der Waals surface area contributed by atoms with Gasteiger partial charge in [-0.25, -0.2) is 0 Å². The smallest absolute Gasteiger partial charge is 0.326 e. The van der Waals surface area contributed by atoms with Gasteiger partial charge in [0, 0.05) is 18.2 Å². The molecule has 1 amide bonds. The third-order valence-electron chi connectivity index (χ3n) is 4.49. The number of thiazole rings is 1. The van der Waals surface area contributed by atoms with Gasteiger partial charge in [-0.3, -0.25) is 19.7 Å². The molecule has 0 unspecified atom stereocenters. The minimum Gasteiger partial charge on any atom is -0.465 e. The van der Waals surface area contributed by atoms with E-state index in [9.17, 15) is 19.7 Å². The molecule has 2 heterocycles. The SMILES string of the molecule is CCOC(=O)Cn1c(=NC(=O)C=Cc2ccc3c(c2)OCO3)sc2cc([N+](=O)[O-])ccc21. The molecule has 0 radical (unpaired) electrons. The molecule has 0 fully saturated rings. The molecule has 32 heavy (non-hydrogen) atoms. The van der Waals surface area contributed by atoms with Crippen molar-refractivity contribution in [1.29, 1.82) is 0 Å². The summed E-state index contributed by atoms with van der Waals surface area (Å²) in [5.41, 5.74) is 1.17. The number of carbonyl (C=O) groups is 2. The van der Waals surface area contributed by atoms with Crippen LogP contribution < -0.4 is 14.3 Å². The lowest BCUT2D eigenvalue weighted by Crippen LogP contribution is -2.22. The van der Waals surface area contributed by atoms with Crippen LogP contribution in [-0.4, -0.2) is 34.8 Å². The van der Waals surface area contributed by atoms with Crippen molar-refractivity contribution < 1.29 is 28.7 Å². The number of nitrogens with zero attached hydrogens (tertiary/aromatic N) is 3. The number of amides is 1. The molecule has 11 heteroatoms. The predicted octanol–water partition coefficient (Wildman–Crippen LogP) is 3.04. The average molecular weight is 455 g/mol. The first-order valence-corrected chi connectivity index (χ1v) is 10.4. The summed E-state index contributed by atoms with van der Waals surface area (Å²) in [6.07, 6.45) is 2.88. The van der Waals surface area contributed by atoms with E-state index in [0.717, 1.165) is 16.9 Å². The molecule has 0 bridgehead atoms. The number of nitro groups is 1. The highest BCUT2D eigenvalue weighted by Gasteiger charge is 2.15. The molecule has 0 spiro atoms. The summed E-state index contributed by atoms with van der Waals surface area (Å²) in [6.45, 7) is 1.87. The number of hydrogen-bond donors (Lipinski definition) is 0. The van der Waals surface area contributed by atoms with Crippen LogP contribution in [-0.2, 0) is 20.9 Å². The fraction of sp³-hybridized carbons (Fsp3) is 0.190. The molecule has 10 nitrogen and oxygen atoms in total. The van der Waals surface area contributed by atoms with Crippen molar-refractivity contribution in [2.75, 3.05) is 13.4 Å². The van der Waals surface area contributed by atoms with Gasteiger partial charge in [-0.15, -0.1) is 0 Å². The molecule has 2 aromatic carbocycles. The number of benzene rings is 2. The van der Waals surface area contributed by atoms with Crippen molar-refractivity contribution in [3.8, 4) is 11.5 Å². The molecule has 0 saturated carbocycles. The maximum Gasteiger partial charge on any atom is 0.326 e. The van der Waals surface area contributed by atoms with Crippen LogP contribution >= 0.6 is 11.3 Å². The van der Waals surface area contributed by atoms with Gasteiger partial charge in [0.05, 0.1) is 21.7 Å². The maximum absolute atomic E-state index is 12.5. The lowest BCUT2D eigenvalue weighted by atomic mass is 10.2. The van der Waals surface area contributed by atoms with E-state index in [4.69, 9.17) is 14.2 Å². The highest BCUT2D eigenvalue weighted by Crippen LogP contribution is 2.32. The Morgan fingerprint density at radius 2 is 2.06 bits per heavy atom. The number of nitro benzene ring substituents is 1. The number of carbonyl (C=O) groups excluding carboxylic acids is 2. The Kier molecular flexibility index (Phi) is 5.99. The van der Waals surface area contributed by atoms with E-state index in [1.54, 1.807) is 31.2 Å². The molecule has 4 rings (SSSR count). The third-order valence-corrected chi connectivity index (χ3v) is 5.53. The van der Waals surface area contributed by atoms with Gasteiger partial charge in [-0.05, 0) is 36.8 Å². The van der Waals surface area contributed by atoms with Crippen LogP contribution in [0.1, 0.15) is 12.5 Å². The zero-order valence-electron chi connectivity index (χ0n) is 16.8. The monoisotopic (exact) mass is 455 g/mol. The van der Waals surface area contributed by atoms with Gasteiger partial charge < -0.3 is 18.8 Å². The summed E-state index contributed by atoms with van der Waals surface area (Å²) in [4.78, 5) is 39.5. The molecule has 0 atom stereocenters. The quantitative estimate of drug-likeness (QED) is 0.242. The molecule has 3 aromatic rings. The van der Waals surface area contributed by atoms with Gasteiger partial charge in [0.25, 0.3) is 11.6 Å². The van der Waals surface area contributed by atoms with Crippen LogP contribution in [0.15, 0.2) is 47.5 Å². The largest absolute Gasteiger partial charge is 0.465 e. The van der Waals surface area contributed by atoms with Crippen molar-refractivity contribution >= 4 is 45.2 Å². The average Bonchev–Trinajstić information content (AvgIpc) is 3.36. The van der Waals surface area contributed by atoms with Crippen LogP contribution in [0.3, 0.4) is 0 Å². The summed E-state index contributed by atoms with van der Waals surface area (Å²) in [7, 11) is 0. The lowest BCUT2D eigenvalue weighted by molar-refractivity contribution is -0.384. The van der Waals surface area contributed by atoms with Gasteiger partial charge in [0.2, 0.25) is 6.79 Å². The molecule has 0 saturated heterocycles. The summed E-state index contributed by atoms with van der Waals surface area (Å²) in [5, 5.41) is 11.1. The fourth-order valence-corrected chi connectivity index (χ4v) is 4.13. The van der Waals surface area contributed by atoms with E-state index in [2.05, 4.69) is 4.99 Å². The normalized spacial score (nSPS) is 13.1. The predicted molar refractivity (Wildman–Crippen MR) is 115 cm³/mol. The highest BCUT2D eigenvalue weighted by molar-refractivity contribution is 7.16. The number of ether oxygens (including phenoxy) is 3. The van der Waals surface area contributed by atoms with E-state index in [1.165, 1.54) is 28.8 Å². The highest BCUT2D eigenvalue weighted by atomic mass is 32.1. The minimum absolute atomic E-state index is 0.0948. The topological polar surface area (TPSA) is 122 Å². The van der Waals surface area contributed by atoms with E-state index in [1.807, 2.05) is 0 Å². The van der Waals surface area contributed by atoms with Crippen molar-refractivity contribution in [3.05, 3.63) is 63.0 Å². The molecular formula is C21H17N3O7S. The second kappa shape index (κ2) is 9.02. The summed E-state index contributed by atoms with van der Waals surface area (Å²) in [5.74, 6) is 0.171. The molecule has 1 aliphatic rings. The number of hydrogen-bond acceptors (Lipinski definition) is 8. The Hall–Kier alpha value is -3.99. The Morgan fingerprint density at radius 3 is 2.84 bits per heavy atom. The second-order valence-electron chi connectivity index (χ2n) is 6.58. The molecule has 0 N–H and O–H groups in total. The van der Waals surface area contributed by atoms with Crippen molar-refractivity contribution in [1.82, 2.24) is 4.57 Å². The number of esters is 1. The summed E-state index contributed by atoms with van der Waals surface area (Å²) < 4.78 is 17.6. The number of rotatable bonds is 6. The van der Waals surface area contributed by atoms with Gasteiger partial charge in [0.15, 0.2) is 16.3 Å². The Labute approximate surface area is 185 Å². The molecule has 1 aromatic heterocycles. The maximum atomic E-state index is 12.5. The Balaban J connectivity index is 1.68. The molecule has 164 valence electrons. The minimum atomic E-state index is -0.554. The fourth-order valence-electron chi connectivity index (χ4n) is 3.07. The van der Waals surface area contributed by atoms with Crippen LogP contribution in [0.4, 0.5) is 5.69 Å². The van der Waals surface area contributed by atoms with Gasteiger partial charge >= 0.3 is 5.97 Å². The molecule has 0 aliphatic carbocycles. The zero-order chi connectivity index (χ0) is 22.7. The van der Waals surface area contributed by atoms with Gasteiger partial charge in [0.1, 0.15) is 6.54 Å². The molecular weight excluding hydrogens is 438 g/mol. The van der Waals surface area contributed by atoms with Crippen LogP contribution in [0.2, 0.25) is 0 Å². The van der Waals surface area contributed by atoms with Gasteiger partial charge in [-0.1, -0.05) is 17.4 Å². The standard InChI is InChI=1S/C21H17N3O7S/c1-2-29-20(26)11-23-15-6-5-14(24(27)28)10-18(15)32-21(23)22-19(25)8-4-13-3-7-16-17(9-13)31-12-30-16/h3-10H,2,11-12H2,1H3. The van der Waals surface area contributed by atoms with E-state index < -0.39 is 16.8 Å². The van der Waals surface area contributed by atoms with Crippen LogP contribution in [0, 0.1) is 10.1 Å². The van der Waals surface area contributed by atoms with E-state index in [-0.39, 0.29) is 30.4 Å². The van der Waals surface area contributed by atoms with Crippen molar-refractivity contribution in [2.24, 2.45) is 4.99 Å². The first-order valence-electron chi connectivity index (χ1n) is 9.54. The Bertz CT molecular complexity index is 1320. The van der Waals surface area contributed by atoms with E-state index >= 15 is 0 Å². The van der Waals surface area contributed by atoms with Crippen LogP contribution in [0.25, 0.3) is 16.3 Å². The van der Waals surface area contributed by atoms with Gasteiger partial charge in [-0.2, -0.15) is 4.99 Å². The number of aromatic nitrogens is 1. The lowest BCUT2D eigenvalue weighted by Gasteiger charge is -2.04. The first-order chi connectivity index (χ1) is 15.4. The zero-order valence-corrected chi connectivity index (χ0v) is 17.7. The summed E-state index contributed by atoms with van der Waals surface area (Å²) in [6, 6.07) is 9.50. The third kappa shape index (κ3) is 4.52. The van der Waals surface area contributed by atoms with Crippen molar-refractivity contribution in [3.63, 3.8) is 0 Å². The number of fused-ring (bicyclic) bond motifs is 2. The number of non-ortho nitro benzene ring substituents is 1. The van der Waals surface area contributed by atoms with Crippen LogP contribution in [0.5, 0.6) is 11.5 Å². The summed E-state index contributed by atoms with van der Waals surface area (Å²) >= 11 is 1.07. The molecule has 1 aliphatic heterocycles. The Morgan fingerprint density at radius 1 is 1.25 bits per heavy atom.